The number of fused-ring (bicyclic) bond motifs is 2. The van der Waals surface area contributed by atoms with E-state index in [0.29, 0.717) is 5.92 Å². The molecular weight excluding hydrogens is 248 g/mol. The fraction of sp³-hybridized carbons (Fsp3) is 0.312. The van der Waals surface area contributed by atoms with Crippen LogP contribution in [-0.2, 0) is 0 Å². The van der Waals surface area contributed by atoms with E-state index in [-0.39, 0.29) is 0 Å². The van der Waals surface area contributed by atoms with Crippen LogP contribution in [-0.4, -0.2) is 18.1 Å². The molecule has 3 N–H and O–H groups in total. The molecule has 20 heavy (non-hydrogen) atoms. The third-order valence-electron chi connectivity index (χ3n) is 4.45. The Morgan fingerprint density at radius 2 is 1.90 bits per heavy atom. The summed E-state index contributed by atoms with van der Waals surface area (Å²) in [4.78, 5) is 7.20. The Balaban J connectivity index is 1.96. The van der Waals surface area contributed by atoms with E-state index in [9.17, 15) is 0 Å². The molecule has 2 bridgehead atoms. The normalized spacial score (nSPS) is 17.1. The van der Waals surface area contributed by atoms with Crippen LogP contribution < -0.4 is 16.2 Å². The van der Waals surface area contributed by atoms with E-state index < -0.39 is 0 Å². The maximum Gasteiger partial charge on any atom is 0.140 e. The topological polar surface area (TPSA) is 54.2 Å². The molecule has 2 aromatic rings. The Labute approximate surface area is 118 Å². The molecule has 0 radical (unpaired) electrons. The van der Waals surface area contributed by atoms with E-state index in [1.807, 2.05) is 6.07 Å². The third-order valence-corrected chi connectivity index (χ3v) is 4.45. The molecule has 5 rings (SSSR count). The van der Waals surface area contributed by atoms with Gasteiger partial charge in [0.25, 0.3) is 0 Å². The highest BCUT2D eigenvalue weighted by Crippen LogP contribution is 2.46. The van der Waals surface area contributed by atoms with Gasteiger partial charge in [0, 0.05) is 24.6 Å². The maximum atomic E-state index is 5.60. The largest absolute Gasteiger partial charge is 0.370 e. The van der Waals surface area contributed by atoms with Gasteiger partial charge in [-0.05, 0) is 24.5 Å². The summed E-state index contributed by atoms with van der Waals surface area (Å²) in [5.41, 5.74) is 7.73. The summed E-state index contributed by atoms with van der Waals surface area (Å²) in [6.45, 7) is 2.29. The van der Waals surface area contributed by atoms with Gasteiger partial charge in [-0.2, -0.15) is 0 Å². The Bertz CT molecular complexity index is 630. The predicted octanol–water partition coefficient (Wildman–Crippen LogP) is 2.73. The number of nitrogens with zero attached hydrogens (tertiary/aromatic N) is 2. The van der Waals surface area contributed by atoms with E-state index in [2.05, 4.69) is 40.7 Å². The number of hydrogen-bond acceptors (Lipinski definition) is 4. The van der Waals surface area contributed by atoms with E-state index >= 15 is 0 Å². The molecular formula is C16H18N4. The molecule has 0 saturated carbocycles. The number of hydrazine groups is 1. The second-order valence-electron chi connectivity index (χ2n) is 5.56. The molecule has 1 aromatic heterocycles. The Hall–Kier alpha value is -2.07. The van der Waals surface area contributed by atoms with Crippen molar-refractivity contribution >= 4 is 11.5 Å². The number of hydrogen-bond donors (Lipinski definition) is 2. The number of nitrogens with one attached hydrogen (secondary N) is 1. The average Bonchev–Trinajstić information content (AvgIpc) is 2.55. The standard InChI is InChI=1S/C16H18N4/c17-19-14-10-13(11-4-2-1-3-5-11)16-15(18-14)12-6-8-20(16)9-7-12/h1-5,10,12H,6-9,17H2,(H,18,19). The smallest absolute Gasteiger partial charge is 0.140 e. The third kappa shape index (κ3) is 1.68. The van der Waals surface area contributed by atoms with Gasteiger partial charge in [-0.15, -0.1) is 0 Å². The number of anilines is 2. The van der Waals surface area contributed by atoms with Gasteiger partial charge in [-0.1, -0.05) is 30.3 Å². The van der Waals surface area contributed by atoms with Crippen molar-refractivity contribution in [2.24, 2.45) is 5.84 Å². The second-order valence-corrected chi connectivity index (χ2v) is 5.56. The molecule has 1 saturated heterocycles. The van der Waals surface area contributed by atoms with Gasteiger partial charge in [0.2, 0.25) is 0 Å². The van der Waals surface area contributed by atoms with Gasteiger partial charge in [-0.3, -0.25) is 0 Å². The van der Waals surface area contributed by atoms with Crippen molar-refractivity contribution in [1.29, 1.82) is 0 Å². The fourth-order valence-electron chi connectivity index (χ4n) is 3.46. The van der Waals surface area contributed by atoms with Crippen LogP contribution in [0.25, 0.3) is 11.1 Å². The first-order valence-electron chi connectivity index (χ1n) is 7.19. The molecule has 0 aliphatic carbocycles. The van der Waals surface area contributed by atoms with E-state index in [1.165, 1.54) is 35.3 Å². The van der Waals surface area contributed by atoms with Crippen LogP contribution in [0, 0.1) is 0 Å². The zero-order valence-corrected chi connectivity index (χ0v) is 11.3. The van der Waals surface area contributed by atoms with Crippen LogP contribution in [0.3, 0.4) is 0 Å². The first kappa shape index (κ1) is 11.7. The van der Waals surface area contributed by atoms with Crippen molar-refractivity contribution in [1.82, 2.24) is 4.98 Å². The molecule has 3 aliphatic rings. The Kier molecular flexibility index (Phi) is 2.63. The molecule has 4 nitrogen and oxygen atoms in total. The summed E-state index contributed by atoms with van der Waals surface area (Å²) >= 11 is 0. The summed E-state index contributed by atoms with van der Waals surface area (Å²) in [6, 6.07) is 12.6. The van der Waals surface area contributed by atoms with Crippen LogP contribution in [0.1, 0.15) is 24.5 Å². The lowest BCUT2D eigenvalue weighted by Crippen LogP contribution is -2.39. The average molecular weight is 266 g/mol. The van der Waals surface area contributed by atoms with Crippen LogP contribution in [0.4, 0.5) is 11.5 Å². The highest BCUT2D eigenvalue weighted by atomic mass is 15.3. The summed E-state index contributed by atoms with van der Waals surface area (Å²) < 4.78 is 0. The zero-order chi connectivity index (χ0) is 13.5. The van der Waals surface area contributed by atoms with Crippen LogP contribution in [0.2, 0.25) is 0 Å². The number of benzene rings is 1. The summed E-state index contributed by atoms with van der Waals surface area (Å²) in [6.07, 6.45) is 2.42. The first-order valence-corrected chi connectivity index (χ1v) is 7.19. The van der Waals surface area contributed by atoms with Crippen molar-refractivity contribution in [3.63, 3.8) is 0 Å². The molecule has 0 unspecified atom stereocenters. The molecule has 3 aliphatic heterocycles. The van der Waals surface area contributed by atoms with Crippen molar-refractivity contribution in [2.75, 3.05) is 23.4 Å². The summed E-state index contributed by atoms with van der Waals surface area (Å²) in [7, 11) is 0. The molecule has 1 fully saturated rings. The minimum atomic E-state index is 0.589. The highest BCUT2D eigenvalue weighted by Gasteiger charge is 2.34. The predicted molar refractivity (Wildman–Crippen MR) is 81.7 cm³/mol. The molecule has 1 aromatic carbocycles. The number of pyridine rings is 1. The van der Waals surface area contributed by atoms with Crippen molar-refractivity contribution in [3.05, 3.63) is 42.1 Å². The number of rotatable bonds is 2. The lowest BCUT2D eigenvalue weighted by molar-refractivity contribution is 0.465. The highest BCUT2D eigenvalue weighted by molar-refractivity contribution is 5.83. The van der Waals surface area contributed by atoms with Crippen LogP contribution >= 0.6 is 0 Å². The summed E-state index contributed by atoms with van der Waals surface area (Å²) in [5.74, 6) is 6.95. The molecule has 4 heteroatoms. The molecule has 4 heterocycles. The second kappa shape index (κ2) is 4.49. The lowest BCUT2D eigenvalue weighted by Gasteiger charge is -2.42. The van der Waals surface area contributed by atoms with E-state index in [0.717, 1.165) is 18.9 Å². The van der Waals surface area contributed by atoms with Gasteiger partial charge in [-0.25, -0.2) is 10.8 Å². The number of nitrogens with two attached hydrogens (primary N) is 1. The monoisotopic (exact) mass is 266 g/mol. The van der Waals surface area contributed by atoms with E-state index in [4.69, 9.17) is 10.8 Å². The summed E-state index contributed by atoms with van der Waals surface area (Å²) in [5, 5.41) is 0. The van der Waals surface area contributed by atoms with Crippen molar-refractivity contribution < 1.29 is 0 Å². The molecule has 102 valence electrons. The fourth-order valence-corrected chi connectivity index (χ4v) is 3.46. The quantitative estimate of drug-likeness (QED) is 0.648. The number of aromatic nitrogens is 1. The number of piperidine rings is 1. The minimum absolute atomic E-state index is 0.589. The first-order chi connectivity index (χ1) is 9.86. The minimum Gasteiger partial charge on any atom is -0.370 e. The van der Waals surface area contributed by atoms with Crippen molar-refractivity contribution in [3.8, 4) is 11.1 Å². The number of nitrogen functional groups attached to an aromatic ring is 1. The molecule has 0 spiro atoms. The SMILES string of the molecule is NNc1cc(-c2ccccc2)c2c(n1)C1CCN2CC1. The van der Waals surface area contributed by atoms with Crippen LogP contribution in [0.15, 0.2) is 36.4 Å². The van der Waals surface area contributed by atoms with Gasteiger partial charge >= 0.3 is 0 Å². The van der Waals surface area contributed by atoms with E-state index in [1.54, 1.807) is 0 Å². The van der Waals surface area contributed by atoms with Gasteiger partial charge in [0.05, 0.1) is 11.4 Å². The van der Waals surface area contributed by atoms with Gasteiger partial charge in [0.15, 0.2) is 0 Å². The maximum absolute atomic E-state index is 5.60. The Morgan fingerprint density at radius 1 is 1.15 bits per heavy atom. The molecule has 0 atom stereocenters. The van der Waals surface area contributed by atoms with Gasteiger partial charge < -0.3 is 10.3 Å². The van der Waals surface area contributed by atoms with Crippen LogP contribution in [0.5, 0.6) is 0 Å². The van der Waals surface area contributed by atoms with Crippen molar-refractivity contribution in [2.45, 2.75) is 18.8 Å². The lowest BCUT2D eigenvalue weighted by atomic mass is 9.84. The zero-order valence-electron chi connectivity index (χ0n) is 11.3. The van der Waals surface area contributed by atoms with Gasteiger partial charge in [0.1, 0.15) is 5.82 Å². The Morgan fingerprint density at radius 3 is 2.60 bits per heavy atom. The molecule has 0 amide bonds.